The van der Waals surface area contributed by atoms with E-state index in [1.165, 1.54) is 37.7 Å². The van der Waals surface area contributed by atoms with Crippen LogP contribution in [-0.2, 0) is 9.53 Å². The normalized spacial score (nSPS) is 18.4. The van der Waals surface area contributed by atoms with Gasteiger partial charge in [-0.15, -0.1) is 0 Å². The summed E-state index contributed by atoms with van der Waals surface area (Å²) in [6.07, 6.45) is 12.3. The van der Waals surface area contributed by atoms with Crippen molar-refractivity contribution in [2.75, 3.05) is 6.61 Å². The first kappa shape index (κ1) is 19.0. The lowest BCUT2D eigenvalue weighted by Gasteiger charge is -2.23. The summed E-state index contributed by atoms with van der Waals surface area (Å²) in [7, 11) is 0. The maximum atomic E-state index is 11.5. The van der Waals surface area contributed by atoms with Crippen LogP contribution in [0.2, 0.25) is 0 Å². The molecule has 0 aromatic rings. The van der Waals surface area contributed by atoms with Crippen LogP contribution >= 0.6 is 0 Å². The van der Waals surface area contributed by atoms with Crippen LogP contribution in [0.5, 0.6) is 0 Å². The summed E-state index contributed by atoms with van der Waals surface area (Å²) in [5.74, 6) is 0.533. The first-order chi connectivity index (χ1) is 10.4. The number of hydrogen-bond donors (Lipinski definition) is 0. The van der Waals surface area contributed by atoms with Crippen molar-refractivity contribution in [3.8, 4) is 0 Å². The summed E-state index contributed by atoms with van der Waals surface area (Å²) < 4.78 is 4.97. The van der Waals surface area contributed by atoms with Gasteiger partial charge >= 0.3 is 5.97 Å². The van der Waals surface area contributed by atoms with Gasteiger partial charge in [-0.2, -0.15) is 0 Å². The van der Waals surface area contributed by atoms with Gasteiger partial charge in [0.1, 0.15) is 0 Å². The second-order valence-electron chi connectivity index (χ2n) is 7.49. The van der Waals surface area contributed by atoms with Crippen molar-refractivity contribution in [2.45, 2.75) is 79.6 Å². The fourth-order valence-electron chi connectivity index (χ4n) is 2.98. The minimum absolute atomic E-state index is 0.204. The van der Waals surface area contributed by atoms with Crippen LogP contribution in [0.1, 0.15) is 79.6 Å². The molecule has 2 nitrogen and oxygen atoms in total. The van der Waals surface area contributed by atoms with E-state index in [-0.39, 0.29) is 5.97 Å². The Morgan fingerprint density at radius 1 is 1.36 bits per heavy atom. The molecule has 126 valence electrons. The van der Waals surface area contributed by atoms with Crippen molar-refractivity contribution >= 4 is 5.97 Å². The Morgan fingerprint density at radius 2 is 2.09 bits per heavy atom. The van der Waals surface area contributed by atoms with E-state index in [9.17, 15) is 4.79 Å². The molecule has 0 spiro atoms. The second kappa shape index (κ2) is 9.17. The average Bonchev–Trinajstić information content (AvgIpc) is 2.85. The summed E-state index contributed by atoms with van der Waals surface area (Å²) in [5.41, 5.74) is 3.12. The molecule has 0 fully saturated rings. The molecular formula is C20H34O2. The van der Waals surface area contributed by atoms with Gasteiger partial charge in [0.25, 0.3) is 0 Å². The summed E-state index contributed by atoms with van der Waals surface area (Å²) in [5, 5.41) is 0. The summed E-state index contributed by atoms with van der Waals surface area (Å²) in [6.45, 7) is 11.7. The molecule has 0 amide bonds. The maximum Gasteiger partial charge on any atom is 0.331 e. The molecular weight excluding hydrogens is 272 g/mol. The Morgan fingerprint density at radius 3 is 2.73 bits per heavy atom. The topological polar surface area (TPSA) is 26.3 Å². The molecule has 1 aliphatic carbocycles. The smallest absolute Gasteiger partial charge is 0.331 e. The predicted octanol–water partition coefficient (Wildman–Crippen LogP) is 5.83. The van der Waals surface area contributed by atoms with E-state index in [0.29, 0.717) is 12.0 Å². The van der Waals surface area contributed by atoms with Crippen LogP contribution in [0.25, 0.3) is 0 Å². The minimum atomic E-state index is -0.204. The molecule has 0 radical (unpaired) electrons. The van der Waals surface area contributed by atoms with Gasteiger partial charge in [-0.05, 0) is 49.5 Å². The average molecular weight is 306 g/mol. The third kappa shape index (κ3) is 7.29. The lowest BCUT2D eigenvalue weighted by molar-refractivity contribution is -0.137. The highest BCUT2D eigenvalue weighted by Crippen LogP contribution is 2.32. The van der Waals surface area contributed by atoms with Crippen molar-refractivity contribution in [1.82, 2.24) is 0 Å². The number of allylic oxidation sites excluding steroid dienone is 3. The summed E-state index contributed by atoms with van der Waals surface area (Å²) in [6, 6.07) is 0. The van der Waals surface area contributed by atoms with Crippen LogP contribution in [-0.4, -0.2) is 12.6 Å². The first-order valence-electron chi connectivity index (χ1n) is 8.93. The van der Waals surface area contributed by atoms with E-state index in [1.807, 2.05) is 6.92 Å². The molecule has 0 saturated carbocycles. The fourth-order valence-corrected chi connectivity index (χ4v) is 2.98. The van der Waals surface area contributed by atoms with E-state index in [4.69, 9.17) is 4.74 Å². The molecule has 2 heteroatoms. The van der Waals surface area contributed by atoms with Gasteiger partial charge in [0.05, 0.1) is 6.61 Å². The van der Waals surface area contributed by atoms with E-state index in [0.717, 1.165) is 24.3 Å². The third-order valence-electron chi connectivity index (χ3n) is 4.83. The quantitative estimate of drug-likeness (QED) is 0.396. The van der Waals surface area contributed by atoms with Crippen molar-refractivity contribution in [3.05, 3.63) is 23.3 Å². The molecule has 0 aliphatic heterocycles. The Bertz CT molecular complexity index is 415. The summed E-state index contributed by atoms with van der Waals surface area (Å²) >= 11 is 0. The molecule has 0 heterocycles. The molecule has 1 unspecified atom stereocenters. The standard InChI is InChI=1S/C20H34O2/c1-6-20(4,5)12-8-9-16(3)13-17-10-11-18(14-17)15-19(21)22-7-2/h14-16H,6-13H2,1-5H3. The van der Waals surface area contributed by atoms with Gasteiger partial charge < -0.3 is 4.74 Å². The predicted molar refractivity (Wildman–Crippen MR) is 93.7 cm³/mol. The van der Waals surface area contributed by atoms with Gasteiger partial charge in [0.2, 0.25) is 0 Å². The van der Waals surface area contributed by atoms with Gasteiger partial charge in [-0.3, -0.25) is 0 Å². The number of hydrogen-bond acceptors (Lipinski definition) is 2. The van der Waals surface area contributed by atoms with Crippen molar-refractivity contribution in [3.63, 3.8) is 0 Å². The number of esters is 1. The lowest BCUT2D eigenvalue weighted by Crippen LogP contribution is -2.10. The molecule has 1 atom stereocenters. The highest BCUT2D eigenvalue weighted by Gasteiger charge is 2.17. The van der Waals surface area contributed by atoms with E-state index < -0.39 is 0 Å². The first-order valence-corrected chi connectivity index (χ1v) is 8.93. The van der Waals surface area contributed by atoms with Gasteiger partial charge in [0, 0.05) is 6.08 Å². The Kier molecular flexibility index (Phi) is 7.92. The molecule has 1 aliphatic rings. The van der Waals surface area contributed by atoms with Crippen LogP contribution in [0.4, 0.5) is 0 Å². The molecule has 0 saturated heterocycles. The van der Waals surface area contributed by atoms with Gasteiger partial charge in [-0.25, -0.2) is 4.79 Å². The zero-order valence-electron chi connectivity index (χ0n) is 15.2. The molecule has 22 heavy (non-hydrogen) atoms. The molecule has 0 aromatic heterocycles. The fraction of sp³-hybridized carbons (Fsp3) is 0.750. The molecule has 0 bridgehead atoms. The molecule has 0 aromatic carbocycles. The highest BCUT2D eigenvalue weighted by atomic mass is 16.5. The van der Waals surface area contributed by atoms with Gasteiger partial charge in [0.15, 0.2) is 0 Å². The van der Waals surface area contributed by atoms with Crippen molar-refractivity contribution in [2.24, 2.45) is 11.3 Å². The Labute approximate surface area is 137 Å². The van der Waals surface area contributed by atoms with Crippen molar-refractivity contribution in [1.29, 1.82) is 0 Å². The van der Waals surface area contributed by atoms with E-state index in [2.05, 4.69) is 33.8 Å². The van der Waals surface area contributed by atoms with Crippen LogP contribution in [0.3, 0.4) is 0 Å². The van der Waals surface area contributed by atoms with Crippen LogP contribution < -0.4 is 0 Å². The number of carbonyl (C=O) groups is 1. The zero-order chi connectivity index (χ0) is 16.6. The second-order valence-corrected chi connectivity index (χ2v) is 7.49. The number of ether oxygens (including phenoxy) is 1. The highest BCUT2D eigenvalue weighted by molar-refractivity contribution is 5.83. The maximum absolute atomic E-state index is 11.5. The molecule has 0 N–H and O–H groups in total. The van der Waals surface area contributed by atoms with Gasteiger partial charge in [-0.1, -0.05) is 58.6 Å². The SMILES string of the molecule is CCOC(=O)C=C1C=C(CC(C)CCCC(C)(C)CC)CC1. The lowest BCUT2D eigenvalue weighted by atomic mass is 9.83. The molecule has 1 rings (SSSR count). The van der Waals surface area contributed by atoms with E-state index >= 15 is 0 Å². The Balaban J connectivity index is 2.36. The van der Waals surface area contributed by atoms with E-state index in [1.54, 1.807) is 6.08 Å². The Hall–Kier alpha value is -1.05. The van der Waals surface area contributed by atoms with Crippen LogP contribution in [0, 0.1) is 11.3 Å². The van der Waals surface area contributed by atoms with Crippen LogP contribution in [0.15, 0.2) is 23.3 Å². The number of carbonyl (C=O) groups excluding carboxylic acids is 1. The monoisotopic (exact) mass is 306 g/mol. The number of rotatable bonds is 9. The van der Waals surface area contributed by atoms with Crippen molar-refractivity contribution < 1.29 is 9.53 Å². The third-order valence-corrected chi connectivity index (χ3v) is 4.83. The zero-order valence-corrected chi connectivity index (χ0v) is 15.2. The summed E-state index contributed by atoms with van der Waals surface area (Å²) in [4.78, 5) is 11.5. The minimum Gasteiger partial charge on any atom is -0.463 e. The largest absolute Gasteiger partial charge is 0.463 e.